The van der Waals surface area contributed by atoms with Gasteiger partial charge in [-0.05, 0) is 49.6 Å². The van der Waals surface area contributed by atoms with E-state index < -0.39 is 0 Å². The molecule has 0 saturated carbocycles. The molecule has 0 radical (unpaired) electrons. The van der Waals surface area contributed by atoms with Gasteiger partial charge in [-0.2, -0.15) is 0 Å². The first-order valence-corrected chi connectivity index (χ1v) is 7.32. The quantitative estimate of drug-likeness (QED) is 0.547. The van der Waals surface area contributed by atoms with E-state index in [4.69, 9.17) is 39.5 Å². The Hall–Kier alpha value is -0.630. The first kappa shape index (κ1) is 16.4. The van der Waals surface area contributed by atoms with E-state index in [2.05, 4.69) is 13.0 Å². The topological polar surface area (TPSA) is 9.23 Å². The number of hydrogen-bond donors (Lipinski definition) is 0. The maximum absolute atomic E-state index is 5.81. The number of benzene rings is 1. The van der Waals surface area contributed by atoms with Crippen molar-refractivity contribution in [3.8, 4) is 5.75 Å². The average molecular weight is 320 g/mol. The molecule has 0 aromatic heterocycles. The van der Waals surface area contributed by atoms with Crippen LogP contribution in [-0.2, 0) is 0 Å². The highest BCUT2D eigenvalue weighted by atomic mass is 35.5. The molecule has 0 saturated heterocycles. The number of hydrogen-bond acceptors (Lipinski definition) is 1. The van der Waals surface area contributed by atoms with Crippen molar-refractivity contribution in [2.24, 2.45) is 0 Å². The van der Waals surface area contributed by atoms with Crippen molar-refractivity contribution in [1.82, 2.24) is 0 Å². The summed E-state index contributed by atoms with van der Waals surface area (Å²) in [7, 11) is 0. The summed E-state index contributed by atoms with van der Waals surface area (Å²) in [6.45, 7) is 2.68. The maximum Gasteiger partial charge on any atom is 0.119 e. The van der Waals surface area contributed by atoms with E-state index in [1.807, 2.05) is 30.3 Å². The van der Waals surface area contributed by atoms with Crippen molar-refractivity contribution in [2.45, 2.75) is 26.2 Å². The van der Waals surface area contributed by atoms with Gasteiger partial charge in [-0.15, -0.1) is 0 Å². The van der Waals surface area contributed by atoms with Gasteiger partial charge >= 0.3 is 0 Å². The summed E-state index contributed by atoms with van der Waals surface area (Å²) >= 11 is 17.0. The molecule has 0 aliphatic carbocycles. The fourth-order valence-electron chi connectivity index (χ4n) is 1.58. The SMILES string of the molecule is CCC(=CCOc1ccc(Cl)cc1)CCC=C(Cl)Cl. The normalized spacial score (nSPS) is 11.3. The molecule has 1 aromatic rings. The lowest BCUT2D eigenvalue weighted by molar-refractivity contribution is 0.361. The fourth-order valence-corrected chi connectivity index (χ4v) is 1.92. The Kier molecular flexibility index (Phi) is 8.04. The van der Waals surface area contributed by atoms with Gasteiger partial charge in [0.15, 0.2) is 0 Å². The van der Waals surface area contributed by atoms with Gasteiger partial charge in [0, 0.05) is 5.02 Å². The van der Waals surface area contributed by atoms with Gasteiger partial charge in [0.05, 0.1) is 0 Å². The Morgan fingerprint density at radius 1 is 1.16 bits per heavy atom. The molecule has 1 nitrogen and oxygen atoms in total. The van der Waals surface area contributed by atoms with Crippen LogP contribution in [0.4, 0.5) is 0 Å². The molecule has 0 aliphatic rings. The summed E-state index contributed by atoms with van der Waals surface area (Å²) < 4.78 is 5.94. The van der Waals surface area contributed by atoms with Gasteiger partial charge in [-0.25, -0.2) is 0 Å². The first-order chi connectivity index (χ1) is 9.11. The Balaban J connectivity index is 2.40. The lowest BCUT2D eigenvalue weighted by Crippen LogP contribution is -1.95. The number of rotatable bonds is 7. The molecule has 0 spiro atoms. The van der Waals surface area contributed by atoms with Gasteiger partial charge in [-0.3, -0.25) is 0 Å². The van der Waals surface area contributed by atoms with Crippen molar-refractivity contribution in [2.75, 3.05) is 6.61 Å². The molecule has 0 fully saturated rings. The minimum Gasteiger partial charge on any atom is -0.490 e. The highest BCUT2D eigenvalue weighted by Crippen LogP contribution is 2.17. The van der Waals surface area contributed by atoms with E-state index in [0.29, 0.717) is 16.1 Å². The maximum atomic E-state index is 5.81. The van der Waals surface area contributed by atoms with Crippen molar-refractivity contribution in [1.29, 1.82) is 0 Å². The predicted molar refractivity (Wildman–Crippen MR) is 84.3 cm³/mol. The van der Waals surface area contributed by atoms with Crippen molar-refractivity contribution < 1.29 is 4.74 Å². The van der Waals surface area contributed by atoms with Crippen LogP contribution in [0, 0.1) is 0 Å². The number of ether oxygens (including phenoxy) is 1. The van der Waals surface area contributed by atoms with Crippen LogP contribution in [0.3, 0.4) is 0 Å². The van der Waals surface area contributed by atoms with Crippen molar-refractivity contribution in [3.05, 3.63) is 51.5 Å². The van der Waals surface area contributed by atoms with Gasteiger partial charge in [0.1, 0.15) is 16.8 Å². The Bertz CT molecular complexity index is 431. The molecule has 0 amide bonds. The molecule has 0 bridgehead atoms. The largest absolute Gasteiger partial charge is 0.490 e. The Labute approximate surface area is 129 Å². The van der Waals surface area contributed by atoms with Crippen molar-refractivity contribution >= 4 is 34.8 Å². The molecule has 4 heteroatoms. The standard InChI is InChI=1S/C15H17Cl3O/c1-2-12(4-3-5-15(17)18)10-11-19-14-8-6-13(16)7-9-14/h5-10H,2-4,11H2,1H3. The second-order valence-corrected chi connectivity index (χ2v) is 5.46. The summed E-state index contributed by atoms with van der Waals surface area (Å²) in [5.41, 5.74) is 1.33. The van der Waals surface area contributed by atoms with E-state index in [1.54, 1.807) is 0 Å². The van der Waals surface area contributed by atoms with Crippen LogP contribution >= 0.6 is 34.8 Å². The van der Waals surface area contributed by atoms with Crippen LogP contribution in [0.5, 0.6) is 5.75 Å². The minimum absolute atomic E-state index is 0.327. The molecule has 0 aliphatic heterocycles. The van der Waals surface area contributed by atoms with E-state index in [9.17, 15) is 0 Å². The monoisotopic (exact) mass is 318 g/mol. The van der Waals surface area contributed by atoms with Crippen molar-refractivity contribution in [3.63, 3.8) is 0 Å². The zero-order valence-corrected chi connectivity index (χ0v) is 13.1. The predicted octanol–water partition coefficient (Wildman–Crippen LogP) is 6.15. The van der Waals surface area contributed by atoms with Gasteiger partial charge in [0.25, 0.3) is 0 Å². The Morgan fingerprint density at radius 3 is 2.42 bits per heavy atom. The number of allylic oxidation sites excluding steroid dienone is 2. The summed E-state index contributed by atoms with van der Waals surface area (Å²) in [5.74, 6) is 0.819. The van der Waals surface area contributed by atoms with E-state index >= 15 is 0 Å². The molecule has 0 unspecified atom stereocenters. The summed E-state index contributed by atoms with van der Waals surface area (Å²) in [6, 6.07) is 7.35. The second-order valence-electron chi connectivity index (χ2n) is 4.01. The minimum atomic E-state index is 0.327. The molecular weight excluding hydrogens is 303 g/mol. The van der Waals surface area contributed by atoms with Crippen LogP contribution in [-0.4, -0.2) is 6.61 Å². The highest BCUT2D eigenvalue weighted by molar-refractivity contribution is 6.55. The molecular formula is C15H17Cl3O. The lowest BCUT2D eigenvalue weighted by Gasteiger charge is -2.06. The highest BCUT2D eigenvalue weighted by Gasteiger charge is 1.96. The number of halogens is 3. The molecule has 1 aromatic carbocycles. The Morgan fingerprint density at radius 2 is 1.84 bits per heavy atom. The van der Waals surface area contributed by atoms with Gasteiger partial charge in [-0.1, -0.05) is 53.4 Å². The third kappa shape index (κ3) is 7.51. The van der Waals surface area contributed by atoms with E-state index in [0.717, 1.165) is 25.0 Å². The molecule has 1 rings (SSSR count). The second kappa shape index (κ2) is 9.30. The van der Waals surface area contributed by atoms with Crippen LogP contribution in [0.25, 0.3) is 0 Å². The first-order valence-electron chi connectivity index (χ1n) is 6.19. The third-order valence-electron chi connectivity index (χ3n) is 2.65. The third-order valence-corrected chi connectivity index (χ3v) is 3.21. The summed E-state index contributed by atoms with van der Waals surface area (Å²) in [5, 5.41) is 0.710. The van der Waals surface area contributed by atoms with Crippen LogP contribution in [0.15, 0.2) is 46.5 Å². The van der Waals surface area contributed by atoms with E-state index in [1.165, 1.54) is 5.57 Å². The molecule has 0 heterocycles. The van der Waals surface area contributed by atoms with Crippen LogP contribution in [0.1, 0.15) is 26.2 Å². The lowest BCUT2D eigenvalue weighted by atomic mass is 10.1. The van der Waals surface area contributed by atoms with E-state index in [-0.39, 0.29) is 0 Å². The van der Waals surface area contributed by atoms with Crippen LogP contribution in [0.2, 0.25) is 5.02 Å². The molecule has 0 N–H and O–H groups in total. The van der Waals surface area contributed by atoms with Gasteiger partial charge < -0.3 is 4.74 Å². The molecule has 104 valence electrons. The summed E-state index contributed by atoms with van der Waals surface area (Å²) in [6.07, 6.45) is 6.71. The summed E-state index contributed by atoms with van der Waals surface area (Å²) in [4.78, 5) is 0. The fraction of sp³-hybridized carbons (Fsp3) is 0.333. The average Bonchev–Trinajstić information content (AvgIpc) is 2.39. The van der Waals surface area contributed by atoms with Gasteiger partial charge in [0.2, 0.25) is 0 Å². The zero-order chi connectivity index (χ0) is 14.1. The zero-order valence-electron chi connectivity index (χ0n) is 10.8. The molecule has 0 atom stereocenters. The van der Waals surface area contributed by atoms with Crippen LogP contribution < -0.4 is 4.74 Å². The molecule has 19 heavy (non-hydrogen) atoms. The smallest absolute Gasteiger partial charge is 0.119 e.